The van der Waals surface area contributed by atoms with E-state index in [4.69, 9.17) is 4.74 Å². The zero-order chi connectivity index (χ0) is 18.5. The number of likely N-dealkylation sites (N-methyl/N-ethyl adjacent to an activating group) is 1. The molecule has 1 aromatic carbocycles. The Morgan fingerprint density at radius 1 is 1.38 bits per heavy atom. The van der Waals surface area contributed by atoms with Crippen molar-refractivity contribution >= 4 is 6.03 Å². The molecule has 2 aromatic rings. The second-order valence-electron chi connectivity index (χ2n) is 6.98. The van der Waals surface area contributed by atoms with Crippen LogP contribution in [-0.2, 0) is 19.4 Å². The molecule has 5 heteroatoms. The Morgan fingerprint density at radius 2 is 2.23 bits per heavy atom. The summed E-state index contributed by atoms with van der Waals surface area (Å²) in [5.74, 6) is 0.975. The number of fused-ring (bicyclic) bond motifs is 1. The Balaban J connectivity index is 1.55. The molecule has 1 aliphatic rings. The fourth-order valence-corrected chi connectivity index (χ4v) is 3.18. The number of carbonyl (C=O) groups is 1. The molecule has 0 saturated carbocycles. The van der Waals surface area contributed by atoms with Gasteiger partial charge in [0.05, 0.1) is 6.61 Å². The van der Waals surface area contributed by atoms with Crippen LogP contribution in [-0.4, -0.2) is 35.6 Å². The molecule has 5 nitrogen and oxygen atoms in total. The first-order chi connectivity index (χ1) is 12.5. The number of pyridine rings is 1. The first kappa shape index (κ1) is 18.2. The molecule has 1 atom stereocenters. The van der Waals surface area contributed by atoms with Gasteiger partial charge in [0.2, 0.25) is 0 Å². The van der Waals surface area contributed by atoms with Gasteiger partial charge in [0, 0.05) is 37.9 Å². The molecule has 0 fully saturated rings. The van der Waals surface area contributed by atoms with Gasteiger partial charge in [-0.1, -0.05) is 18.2 Å². The number of rotatable bonds is 5. The van der Waals surface area contributed by atoms with Crippen molar-refractivity contribution in [2.45, 2.75) is 45.7 Å². The summed E-state index contributed by atoms with van der Waals surface area (Å²) in [6.45, 7) is 5.41. The van der Waals surface area contributed by atoms with E-state index < -0.39 is 0 Å². The van der Waals surface area contributed by atoms with Crippen molar-refractivity contribution in [3.8, 4) is 5.75 Å². The van der Waals surface area contributed by atoms with E-state index in [1.54, 1.807) is 11.1 Å². The highest BCUT2D eigenvalue weighted by atomic mass is 16.5. The monoisotopic (exact) mass is 353 g/mol. The predicted molar refractivity (Wildman–Crippen MR) is 102 cm³/mol. The fourth-order valence-electron chi connectivity index (χ4n) is 3.18. The van der Waals surface area contributed by atoms with Crippen LogP contribution in [0.4, 0.5) is 4.79 Å². The maximum Gasteiger partial charge on any atom is 0.317 e. The highest BCUT2D eigenvalue weighted by molar-refractivity contribution is 5.74. The van der Waals surface area contributed by atoms with Crippen LogP contribution >= 0.6 is 0 Å². The smallest absolute Gasteiger partial charge is 0.317 e. The zero-order valence-electron chi connectivity index (χ0n) is 15.8. The Hall–Kier alpha value is -2.56. The van der Waals surface area contributed by atoms with E-state index in [1.807, 2.05) is 32.2 Å². The lowest BCUT2D eigenvalue weighted by molar-refractivity contribution is 0.193. The lowest BCUT2D eigenvalue weighted by Crippen LogP contribution is -2.43. The average molecular weight is 353 g/mol. The second-order valence-corrected chi connectivity index (χ2v) is 6.98. The van der Waals surface area contributed by atoms with Crippen molar-refractivity contribution in [1.29, 1.82) is 0 Å². The lowest BCUT2D eigenvalue weighted by atomic mass is 10.0. The van der Waals surface area contributed by atoms with Gasteiger partial charge >= 0.3 is 6.03 Å². The number of nitrogens with one attached hydrogen (secondary N) is 1. The van der Waals surface area contributed by atoms with Crippen molar-refractivity contribution in [2.24, 2.45) is 0 Å². The quantitative estimate of drug-likeness (QED) is 0.895. The SMILES string of the molecule is Cc1cccnc1C[C@@H](C)N(C)C(=O)NCc1ccc2c(c1)CCCO2. The predicted octanol–water partition coefficient (Wildman–Crippen LogP) is 3.49. The normalized spacial score (nSPS) is 14.1. The number of hydrogen-bond donors (Lipinski definition) is 1. The number of hydrogen-bond acceptors (Lipinski definition) is 3. The number of urea groups is 1. The molecule has 0 bridgehead atoms. The number of aromatic nitrogens is 1. The third kappa shape index (κ3) is 4.34. The standard InChI is InChI=1S/C21H27N3O2/c1-15-6-4-10-22-19(15)12-16(2)24(3)21(25)23-14-17-8-9-20-18(13-17)7-5-11-26-20/h4,6,8-10,13,16H,5,7,11-12,14H2,1-3H3,(H,23,25)/t16-/m1/s1. The van der Waals surface area contributed by atoms with Gasteiger partial charge < -0.3 is 15.0 Å². The minimum atomic E-state index is -0.0694. The molecule has 0 spiro atoms. The molecule has 0 saturated heterocycles. The van der Waals surface area contributed by atoms with Crippen molar-refractivity contribution in [3.63, 3.8) is 0 Å². The molecular formula is C21H27N3O2. The van der Waals surface area contributed by atoms with Gasteiger partial charge in [-0.15, -0.1) is 0 Å². The molecule has 2 amide bonds. The Morgan fingerprint density at radius 3 is 3.04 bits per heavy atom. The molecule has 3 rings (SSSR count). The van der Waals surface area contributed by atoms with Gasteiger partial charge in [-0.3, -0.25) is 4.98 Å². The summed E-state index contributed by atoms with van der Waals surface area (Å²) in [5, 5.41) is 3.01. The molecule has 0 aliphatic carbocycles. The first-order valence-corrected chi connectivity index (χ1v) is 9.20. The molecule has 1 aliphatic heterocycles. The summed E-state index contributed by atoms with van der Waals surface area (Å²) in [6.07, 6.45) is 4.63. The van der Waals surface area contributed by atoms with Gasteiger partial charge in [-0.05, 0) is 55.5 Å². The molecular weight excluding hydrogens is 326 g/mol. The largest absolute Gasteiger partial charge is 0.493 e. The highest BCUT2D eigenvalue weighted by Crippen LogP contribution is 2.25. The summed E-state index contributed by atoms with van der Waals surface area (Å²) < 4.78 is 5.64. The Bertz CT molecular complexity index is 776. The van der Waals surface area contributed by atoms with Crippen molar-refractivity contribution in [2.75, 3.05) is 13.7 Å². The summed E-state index contributed by atoms with van der Waals surface area (Å²) >= 11 is 0. The van der Waals surface area contributed by atoms with Crippen LogP contribution in [0.2, 0.25) is 0 Å². The van der Waals surface area contributed by atoms with E-state index in [0.717, 1.165) is 48.4 Å². The van der Waals surface area contributed by atoms with E-state index in [0.29, 0.717) is 6.54 Å². The Kier molecular flexibility index (Phi) is 5.76. The summed E-state index contributed by atoms with van der Waals surface area (Å²) in [6, 6.07) is 10.1. The van der Waals surface area contributed by atoms with Gasteiger partial charge in [0.1, 0.15) is 5.75 Å². The zero-order valence-corrected chi connectivity index (χ0v) is 15.8. The van der Waals surface area contributed by atoms with Crippen molar-refractivity contribution < 1.29 is 9.53 Å². The number of nitrogens with zero attached hydrogens (tertiary/aromatic N) is 2. The molecule has 1 aromatic heterocycles. The number of amides is 2. The number of ether oxygens (including phenoxy) is 1. The Labute approximate surface area is 155 Å². The number of carbonyl (C=O) groups excluding carboxylic acids is 1. The van der Waals surface area contributed by atoms with Crippen LogP contribution in [0.1, 0.15) is 35.7 Å². The fraction of sp³-hybridized carbons (Fsp3) is 0.429. The van der Waals surface area contributed by atoms with Crippen molar-refractivity contribution in [1.82, 2.24) is 15.2 Å². The number of aryl methyl sites for hydroxylation is 2. The second kappa shape index (κ2) is 8.21. The van der Waals surface area contributed by atoms with Gasteiger partial charge in [-0.2, -0.15) is 0 Å². The van der Waals surface area contributed by atoms with E-state index in [-0.39, 0.29) is 12.1 Å². The summed E-state index contributed by atoms with van der Waals surface area (Å²) in [4.78, 5) is 18.7. The van der Waals surface area contributed by atoms with Gasteiger partial charge in [-0.25, -0.2) is 4.79 Å². The molecule has 0 radical (unpaired) electrons. The van der Waals surface area contributed by atoms with E-state index in [2.05, 4.69) is 29.4 Å². The van der Waals surface area contributed by atoms with E-state index >= 15 is 0 Å². The third-order valence-corrected chi connectivity index (χ3v) is 5.00. The average Bonchev–Trinajstić information content (AvgIpc) is 2.67. The molecule has 0 unspecified atom stereocenters. The minimum Gasteiger partial charge on any atom is -0.493 e. The topological polar surface area (TPSA) is 54.5 Å². The highest BCUT2D eigenvalue weighted by Gasteiger charge is 2.17. The van der Waals surface area contributed by atoms with Crippen LogP contribution in [0, 0.1) is 6.92 Å². The van der Waals surface area contributed by atoms with Gasteiger partial charge in [0.25, 0.3) is 0 Å². The van der Waals surface area contributed by atoms with Crippen LogP contribution in [0.25, 0.3) is 0 Å². The molecule has 138 valence electrons. The molecule has 1 N–H and O–H groups in total. The van der Waals surface area contributed by atoms with Crippen LogP contribution in [0.5, 0.6) is 5.75 Å². The van der Waals surface area contributed by atoms with Crippen LogP contribution < -0.4 is 10.1 Å². The first-order valence-electron chi connectivity index (χ1n) is 9.20. The maximum absolute atomic E-state index is 12.5. The van der Waals surface area contributed by atoms with Crippen molar-refractivity contribution in [3.05, 3.63) is 58.9 Å². The lowest BCUT2D eigenvalue weighted by Gasteiger charge is -2.25. The van der Waals surface area contributed by atoms with Crippen LogP contribution in [0.3, 0.4) is 0 Å². The van der Waals surface area contributed by atoms with Crippen LogP contribution in [0.15, 0.2) is 36.5 Å². The molecule has 2 heterocycles. The summed E-state index contributed by atoms with van der Waals surface area (Å²) in [7, 11) is 1.83. The van der Waals surface area contributed by atoms with Gasteiger partial charge in [0.15, 0.2) is 0 Å². The summed E-state index contributed by atoms with van der Waals surface area (Å²) in [5.41, 5.74) is 4.53. The minimum absolute atomic E-state index is 0.0694. The maximum atomic E-state index is 12.5. The molecule has 26 heavy (non-hydrogen) atoms. The van der Waals surface area contributed by atoms with E-state index in [1.165, 1.54) is 5.56 Å². The number of benzene rings is 1. The third-order valence-electron chi connectivity index (χ3n) is 5.00. The van der Waals surface area contributed by atoms with E-state index in [9.17, 15) is 4.79 Å².